The molecule has 0 aliphatic heterocycles. The molecule has 0 unspecified atom stereocenters. The number of oxazole rings is 1. The Kier molecular flexibility index (Phi) is 5.43. The van der Waals surface area contributed by atoms with Gasteiger partial charge in [0.05, 0.1) is 6.10 Å². The maximum absolute atomic E-state index is 13.0. The van der Waals surface area contributed by atoms with E-state index in [9.17, 15) is 14.7 Å². The van der Waals surface area contributed by atoms with Gasteiger partial charge in [-0.15, -0.1) is 0 Å². The molecule has 3 aromatic rings. The average molecular weight is 434 g/mol. The Hall–Kier alpha value is -3.19. The third-order valence-electron chi connectivity index (χ3n) is 6.78. The number of carbonyl (C=O) groups excluding carboxylic acids is 2. The lowest BCUT2D eigenvalue weighted by Gasteiger charge is -2.32. The Bertz CT molecular complexity index is 1100. The van der Waals surface area contributed by atoms with Crippen molar-refractivity contribution in [2.75, 3.05) is 7.05 Å². The third kappa shape index (κ3) is 4.00. The zero-order valence-electron chi connectivity index (χ0n) is 18.0. The van der Waals surface area contributed by atoms with Crippen molar-refractivity contribution in [3.63, 3.8) is 0 Å². The van der Waals surface area contributed by atoms with Crippen molar-refractivity contribution in [3.8, 4) is 11.5 Å². The van der Waals surface area contributed by atoms with Gasteiger partial charge in [-0.05, 0) is 68.5 Å². The molecule has 5 rings (SSSR count). The van der Waals surface area contributed by atoms with Gasteiger partial charge in [-0.1, -0.05) is 12.1 Å². The van der Waals surface area contributed by atoms with Crippen LogP contribution >= 0.6 is 0 Å². The van der Waals surface area contributed by atoms with E-state index >= 15 is 0 Å². The monoisotopic (exact) mass is 433 g/mol. The molecule has 2 atom stereocenters. The predicted octanol–water partition coefficient (Wildman–Crippen LogP) is 3.38. The van der Waals surface area contributed by atoms with Crippen molar-refractivity contribution in [1.29, 1.82) is 0 Å². The van der Waals surface area contributed by atoms with Gasteiger partial charge in [0.25, 0.3) is 5.91 Å². The van der Waals surface area contributed by atoms with E-state index in [-0.39, 0.29) is 35.9 Å². The highest BCUT2D eigenvalue weighted by Crippen LogP contribution is 2.31. The lowest BCUT2D eigenvalue weighted by atomic mass is 9.89. The lowest BCUT2D eigenvalue weighted by molar-refractivity contribution is -0.127. The minimum atomic E-state index is -0.283. The van der Waals surface area contributed by atoms with Crippen LogP contribution in [0.2, 0.25) is 0 Å². The molecular formula is C25H27N3O4. The third-order valence-corrected chi connectivity index (χ3v) is 6.78. The summed E-state index contributed by atoms with van der Waals surface area (Å²) in [7, 11) is 1.81. The molecule has 7 nitrogen and oxygen atoms in total. The van der Waals surface area contributed by atoms with Crippen LogP contribution < -0.4 is 5.32 Å². The van der Waals surface area contributed by atoms with Crippen molar-refractivity contribution in [2.45, 2.75) is 50.3 Å². The van der Waals surface area contributed by atoms with Crippen molar-refractivity contribution in [3.05, 3.63) is 54.1 Å². The minimum absolute atomic E-state index is 0.0435. The zero-order chi connectivity index (χ0) is 22.2. The van der Waals surface area contributed by atoms with E-state index in [1.807, 2.05) is 43.4 Å². The molecule has 2 amide bonds. The number of nitrogens with one attached hydrogen (secondary N) is 1. The van der Waals surface area contributed by atoms with Crippen LogP contribution in [0.3, 0.4) is 0 Å². The number of para-hydroxylation sites is 2. The van der Waals surface area contributed by atoms with Gasteiger partial charge in [0, 0.05) is 36.2 Å². The van der Waals surface area contributed by atoms with Crippen molar-refractivity contribution < 1.29 is 19.1 Å². The van der Waals surface area contributed by atoms with Gasteiger partial charge >= 0.3 is 0 Å². The summed E-state index contributed by atoms with van der Waals surface area (Å²) in [5.74, 6) is 0.451. The highest BCUT2D eigenvalue weighted by molar-refractivity contribution is 5.95. The van der Waals surface area contributed by atoms with Crippen LogP contribution in [0.4, 0.5) is 0 Å². The quantitative estimate of drug-likeness (QED) is 0.643. The number of aliphatic hydroxyl groups excluding tert-OH is 1. The highest BCUT2D eigenvalue weighted by atomic mass is 16.3. The van der Waals surface area contributed by atoms with Crippen LogP contribution in [-0.4, -0.2) is 52.0 Å². The Morgan fingerprint density at radius 2 is 1.81 bits per heavy atom. The molecule has 7 heteroatoms. The summed E-state index contributed by atoms with van der Waals surface area (Å²) in [6.07, 6.45) is 3.26. The van der Waals surface area contributed by atoms with E-state index in [0.29, 0.717) is 30.7 Å². The smallest absolute Gasteiger partial charge is 0.253 e. The Morgan fingerprint density at radius 1 is 1.06 bits per heavy atom. The molecule has 2 saturated carbocycles. The van der Waals surface area contributed by atoms with Gasteiger partial charge in [0.2, 0.25) is 11.8 Å². The summed E-state index contributed by atoms with van der Waals surface area (Å²) in [6.45, 7) is 0. The fourth-order valence-electron chi connectivity index (χ4n) is 4.69. The number of nitrogens with zero attached hydrogens (tertiary/aromatic N) is 2. The molecule has 0 saturated heterocycles. The van der Waals surface area contributed by atoms with E-state index in [4.69, 9.17) is 4.42 Å². The summed E-state index contributed by atoms with van der Waals surface area (Å²) in [5.41, 5.74) is 2.95. The molecular weight excluding hydrogens is 406 g/mol. The number of amides is 2. The fourth-order valence-corrected chi connectivity index (χ4v) is 4.69. The minimum Gasteiger partial charge on any atom is -0.436 e. The number of carbonyl (C=O) groups is 2. The first-order valence-corrected chi connectivity index (χ1v) is 11.2. The molecule has 0 bridgehead atoms. The topological polar surface area (TPSA) is 95.7 Å². The summed E-state index contributed by atoms with van der Waals surface area (Å²) < 4.78 is 5.80. The highest BCUT2D eigenvalue weighted by Gasteiger charge is 2.36. The first-order valence-electron chi connectivity index (χ1n) is 11.2. The average Bonchev–Trinajstić information content (AvgIpc) is 3.44. The number of fused-ring (bicyclic) bond motifs is 1. The summed E-state index contributed by atoms with van der Waals surface area (Å²) >= 11 is 0. The van der Waals surface area contributed by atoms with Gasteiger partial charge in [-0.3, -0.25) is 9.59 Å². The molecule has 166 valence electrons. The van der Waals surface area contributed by atoms with E-state index in [1.54, 1.807) is 17.0 Å². The van der Waals surface area contributed by atoms with Crippen LogP contribution in [0, 0.1) is 5.92 Å². The molecule has 1 aromatic heterocycles. The molecule has 2 aliphatic carbocycles. The maximum Gasteiger partial charge on any atom is 0.253 e. The number of aromatic nitrogens is 1. The second kappa shape index (κ2) is 8.39. The van der Waals surface area contributed by atoms with E-state index in [1.165, 1.54) is 0 Å². The molecule has 0 spiro atoms. The van der Waals surface area contributed by atoms with Gasteiger partial charge in [0.1, 0.15) is 5.52 Å². The van der Waals surface area contributed by atoms with E-state index in [0.717, 1.165) is 29.5 Å². The summed E-state index contributed by atoms with van der Waals surface area (Å²) in [5, 5.41) is 12.4. The second-order valence-corrected chi connectivity index (χ2v) is 8.97. The molecule has 2 aliphatic rings. The second-order valence-electron chi connectivity index (χ2n) is 8.97. The predicted molar refractivity (Wildman–Crippen MR) is 120 cm³/mol. The molecule has 1 heterocycles. The SMILES string of the molecule is CN(C(=O)c1ccc(-c2nc3ccccc3o2)cc1)[C@@H]1CC[C@H](C(=O)NC2CC(O)C2)C1. The van der Waals surface area contributed by atoms with Crippen molar-refractivity contribution in [2.24, 2.45) is 5.92 Å². The number of hydrogen-bond donors (Lipinski definition) is 2. The number of benzene rings is 2. The zero-order valence-corrected chi connectivity index (χ0v) is 18.0. The van der Waals surface area contributed by atoms with Gasteiger partial charge < -0.3 is 19.7 Å². The Balaban J connectivity index is 1.21. The number of aliphatic hydroxyl groups is 1. The van der Waals surface area contributed by atoms with Crippen LogP contribution in [0.1, 0.15) is 42.5 Å². The normalized spacial score (nSPS) is 24.8. The van der Waals surface area contributed by atoms with Crippen molar-refractivity contribution >= 4 is 22.9 Å². The fraction of sp³-hybridized carbons (Fsp3) is 0.400. The molecule has 32 heavy (non-hydrogen) atoms. The van der Waals surface area contributed by atoms with Crippen LogP contribution in [0.15, 0.2) is 52.9 Å². The lowest BCUT2D eigenvalue weighted by Crippen LogP contribution is -2.48. The molecule has 2 fully saturated rings. The van der Waals surface area contributed by atoms with E-state index < -0.39 is 0 Å². The first-order chi connectivity index (χ1) is 15.5. The van der Waals surface area contributed by atoms with Crippen LogP contribution in [0.5, 0.6) is 0 Å². The van der Waals surface area contributed by atoms with Crippen molar-refractivity contribution in [1.82, 2.24) is 15.2 Å². The summed E-state index contributed by atoms with van der Waals surface area (Å²) in [6, 6.07) is 15.0. The number of rotatable bonds is 5. The summed E-state index contributed by atoms with van der Waals surface area (Å²) in [4.78, 5) is 31.8. The molecule has 0 radical (unpaired) electrons. The van der Waals surface area contributed by atoms with Gasteiger partial charge in [-0.2, -0.15) is 0 Å². The maximum atomic E-state index is 13.0. The van der Waals surface area contributed by atoms with Gasteiger partial charge in [0.15, 0.2) is 5.58 Å². The first kappa shape index (κ1) is 20.7. The Morgan fingerprint density at radius 3 is 2.53 bits per heavy atom. The Labute approximate surface area is 186 Å². The van der Waals surface area contributed by atoms with Crippen LogP contribution in [-0.2, 0) is 4.79 Å². The molecule has 2 aromatic carbocycles. The standard InChI is InChI=1S/C25H27N3O4/c1-28(19-11-10-17(12-19)23(30)26-18-13-20(29)14-18)25(31)16-8-6-15(7-9-16)24-27-21-4-2-3-5-22(21)32-24/h2-9,17-20,29H,10-14H2,1H3,(H,26,30)/t17-,18?,19+,20?/m0/s1. The van der Waals surface area contributed by atoms with E-state index in [2.05, 4.69) is 10.3 Å². The van der Waals surface area contributed by atoms with Gasteiger partial charge in [-0.25, -0.2) is 4.98 Å². The number of hydrogen-bond acceptors (Lipinski definition) is 5. The van der Waals surface area contributed by atoms with Crippen LogP contribution in [0.25, 0.3) is 22.6 Å². The molecule has 2 N–H and O–H groups in total. The largest absolute Gasteiger partial charge is 0.436 e.